The molecule has 55 heavy (non-hydrogen) atoms. The van der Waals surface area contributed by atoms with E-state index in [0.717, 1.165) is 80.6 Å². The van der Waals surface area contributed by atoms with E-state index in [1.807, 2.05) is 36.4 Å². The fourth-order valence-corrected chi connectivity index (χ4v) is 7.79. The van der Waals surface area contributed by atoms with Crippen LogP contribution >= 0.6 is 0 Å². The Morgan fingerprint density at radius 1 is 0.564 bits per heavy atom. The van der Waals surface area contributed by atoms with E-state index in [9.17, 15) is 0 Å². The summed E-state index contributed by atoms with van der Waals surface area (Å²) in [6.45, 7) is 4.36. The van der Waals surface area contributed by atoms with Crippen molar-refractivity contribution in [1.29, 1.82) is 0 Å². The first-order valence-corrected chi connectivity index (χ1v) is 19.1. The fourth-order valence-electron chi connectivity index (χ4n) is 7.79. The highest BCUT2D eigenvalue weighted by Gasteiger charge is 2.20. The summed E-state index contributed by atoms with van der Waals surface area (Å²) in [4.78, 5) is 20.7. The number of aromatic nitrogens is 4. The molecule has 2 aromatic heterocycles. The second-order valence-corrected chi connectivity index (χ2v) is 13.9. The third-order valence-electron chi connectivity index (χ3n) is 10.5. The van der Waals surface area contributed by atoms with Crippen molar-refractivity contribution in [1.82, 2.24) is 19.9 Å². The predicted octanol–water partition coefficient (Wildman–Crippen LogP) is 13.0. The number of fused-ring (bicyclic) bond motifs is 2. The van der Waals surface area contributed by atoms with Crippen LogP contribution in [-0.2, 0) is 12.8 Å². The molecule has 0 aliphatic heterocycles. The number of para-hydroxylation sites is 1. The van der Waals surface area contributed by atoms with Crippen molar-refractivity contribution < 1.29 is 0 Å². The van der Waals surface area contributed by atoms with E-state index in [1.54, 1.807) is 0 Å². The second-order valence-electron chi connectivity index (χ2n) is 13.9. The van der Waals surface area contributed by atoms with Crippen molar-refractivity contribution in [2.45, 2.75) is 33.1 Å². The van der Waals surface area contributed by atoms with Crippen molar-refractivity contribution in [2.24, 2.45) is 0 Å². The number of benzene rings is 6. The minimum absolute atomic E-state index is 0.692. The van der Waals surface area contributed by atoms with Gasteiger partial charge in [0.05, 0.1) is 22.6 Å². The van der Waals surface area contributed by atoms with Gasteiger partial charge < -0.3 is 0 Å². The second kappa shape index (κ2) is 14.9. The van der Waals surface area contributed by atoms with Crippen LogP contribution in [0.4, 0.5) is 0 Å². The molecule has 2 heterocycles. The lowest BCUT2D eigenvalue weighted by atomic mass is 9.84. The van der Waals surface area contributed by atoms with Crippen LogP contribution in [0.2, 0.25) is 0 Å². The maximum atomic E-state index is 5.31. The number of allylic oxidation sites excluding steroid dienone is 2. The molecule has 4 heteroatoms. The van der Waals surface area contributed by atoms with Crippen LogP contribution in [0, 0.1) is 0 Å². The Bertz CT molecular complexity index is 2710. The quantitative estimate of drug-likeness (QED) is 0.158. The predicted molar refractivity (Wildman–Crippen MR) is 229 cm³/mol. The van der Waals surface area contributed by atoms with Gasteiger partial charge >= 0.3 is 0 Å². The van der Waals surface area contributed by atoms with E-state index in [4.69, 9.17) is 19.9 Å². The van der Waals surface area contributed by atoms with Gasteiger partial charge in [-0.2, -0.15) is 0 Å². The first kappa shape index (κ1) is 34.0. The average molecular weight is 709 g/mol. The van der Waals surface area contributed by atoms with Crippen molar-refractivity contribution in [3.63, 3.8) is 0 Å². The molecule has 0 bridgehead atoms. The van der Waals surface area contributed by atoms with E-state index in [2.05, 4.69) is 147 Å². The lowest BCUT2D eigenvalue weighted by Gasteiger charge is -2.21. The van der Waals surface area contributed by atoms with Crippen LogP contribution in [-0.4, -0.2) is 19.9 Å². The highest BCUT2D eigenvalue weighted by atomic mass is 14.9. The number of nitrogens with zero attached hydrogens (tertiary/aromatic N) is 4. The van der Waals surface area contributed by atoms with E-state index >= 15 is 0 Å². The maximum Gasteiger partial charge on any atom is 0.160 e. The Morgan fingerprint density at radius 2 is 1.16 bits per heavy atom. The molecule has 9 rings (SSSR count). The fraction of sp³-hybridized carbons (Fsp3) is 0.0980. The molecule has 1 aliphatic rings. The molecule has 0 saturated carbocycles. The minimum Gasteiger partial charge on any atom is -0.228 e. The molecule has 0 N–H and O–H groups in total. The van der Waals surface area contributed by atoms with Gasteiger partial charge in [0.25, 0.3) is 0 Å². The largest absolute Gasteiger partial charge is 0.228 e. The van der Waals surface area contributed by atoms with Gasteiger partial charge in [0, 0.05) is 33.2 Å². The lowest BCUT2D eigenvalue weighted by molar-refractivity contribution is 0.944. The zero-order chi connectivity index (χ0) is 37.1. The topological polar surface area (TPSA) is 51.6 Å². The van der Waals surface area contributed by atoms with E-state index < -0.39 is 0 Å². The standard InChI is InChI=1S/C51H40N4/c1-3-15-43-41(4-2)42-21-12-11-20-40(42)32-45(43)48-33-47(53-50(54-48)38-28-24-35(25-29-38)34-16-7-5-8-17-34)36-26-30-39(31-27-36)51-52-46-23-14-13-22-44(46)49(55-51)37-18-9-6-10-19-37/h3,5-11,13-20,22-33H,4,12,21H2,1-2H3/b15-3-. The van der Waals surface area contributed by atoms with E-state index in [-0.39, 0.29) is 0 Å². The summed E-state index contributed by atoms with van der Waals surface area (Å²) in [7, 11) is 0. The summed E-state index contributed by atoms with van der Waals surface area (Å²) in [6, 6.07) is 50.6. The monoisotopic (exact) mass is 708 g/mol. The maximum absolute atomic E-state index is 5.31. The molecule has 4 nitrogen and oxygen atoms in total. The van der Waals surface area contributed by atoms with Gasteiger partial charge in [0.1, 0.15) is 0 Å². The van der Waals surface area contributed by atoms with E-state index in [0.29, 0.717) is 11.6 Å². The highest BCUT2D eigenvalue weighted by molar-refractivity contribution is 5.93. The SMILES string of the molecule is C/C=C\c1c(-c2cc(-c3ccc(-c4nc(-c5ccccc5)c5ccccc5n4)cc3)nc(-c3ccc(-c4ccccc4)cc3)n2)cc2c(c1CC)CCC=C2. The smallest absolute Gasteiger partial charge is 0.160 e. The molecule has 0 unspecified atom stereocenters. The Morgan fingerprint density at radius 3 is 1.87 bits per heavy atom. The van der Waals surface area contributed by atoms with Crippen LogP contribution in [0.1, 0.15) is 42.5 Å². The van der Waals surface area contributed by atoms with Crippen LogP contribution < -0.4 is 0 Å². The van der Waals surface area contributed by atoms with Crippen LogP contribution in [0.3, 0.4) is 0 Å². The Labute approximate surface area is 322 Å². The van der Waals surface area contributed by atoms with Gasteiger partial charge in [-0.05, 0) is 77.8 Å². The van der Waals surface area contributed by atoms with E-state index in [1.165, 1.54) is 27.8 Å². The number of hydrogen-bond donors (Lipinski definition) is 0. The zero-order valence-electron chi connectivity index (χ0n) is 31.1. The van der Waals surface area contributed by atoms with Crippen LogP contribution in [0.15, 0.2) is 158 Å². The van der Waals surface area contributed by atoms with Gasteiger partial charge in [0.2, 0.25) is 0 Å². The molecule has 1 aliphatic carbocycles. The molecule has 0 fully saturated rings. The molecule has 0 radical (unpaired) electrons. The third kappa shape index (κ3) is 6.68. The first-order valence-electron chi connectivity index (χ1n) is 19.1. The van der Waals surface area contributed by atoms with Crippen LogP contribution in [0.25, 0.3) is 90.7 Å². The summed E-state index contributed by atoms with van der Waals surface area (Å²) in [5.74, 6) is 1.39. The molecule has 0 saturated heterocycles. The van der Waals surface area contributed by atoms with Gasteiger partial charge in [-0.15, -0.1) is 0 Å². The lowest BCUT2D eigenvalue weighted by Crippen LogP contribution is -2.05. The number of hydrogen-bond acceptors (Lipinski definition) is 4. The summed E-state index contributed by atoms with van der Waals surface area (Å²) in [5.41, 5.74) is 16.5. The molecular formula is C51H40N4. The van der Waals surface area contributed by atoms with Crippen molar-refractivity contribution in [2.75, 3.05) is 0 Å². The highest BCUT2D eigenvalue weighted by Crippen LogP contribution is 2.38. The number of rotatable bonds is 8. The van der Waals surface area contributed by atoms with Gasteiger partial charge in [-0.3, -0.25) is 0 Å². The molecule has 0 spiro atoms. The Hall–Kier alpha value is -6.78. The Balaban J connectivity index is 1.18. The molecule has 0 amide bonds. The summed E-state index contributed by atoms with van der Waals surface area (Å²) >= 11 is 0. The summed E-state index contributed by atoms with van der Waals surface area (Å²) in [6.07, 6.45) is 12.1. The minimum atomic E-state index is 0.692. The molecule has 0 atom stereocenters. The van der Waals surface area contributed by atoms with Gasteiger partial charge in [-0.1, -0.05) is 159 Å². The molecule has 6 aromatic carbocycles. The van der Waals surface area contributed by atoms with Gasteiger partial charge in [0.15, 0.2) is 11.6 Å². The van der Waals surface area contributed by atoms with Crippen molar-refractivity contribution >= 4 is 23.1 Å². The molecular weight excluding hydrogens is 669 g/mol. The third-order valence-corrected chi connectivity index (χ3v) is 10.5. The van der Waals surface area contributed by atoms with Crippen molar-refractivity contribution in [3.8, 4) is 67.7 Å². The van der Waals surface area contributed by atoms with Gasteiger partial charge in [-0.25, -0.2) is 19.9 Å². The normalized spacial score (nSPS) is 12.3. The first-order chi connectivity index (χ1) is 27.2. The Kier molecular flexibility index (Phi) is 9.23. The summed E-state index contributed by atoms with van der Waals surface area (Å²) < 4.78 is 0. The zero-order valence-corrected chi connectivity index (χ0v) is 31.1. The van der Waals surface area contributed by atoms with Crippen LogP contribution in [0.5, 0.6) is 0 Å². The molecule has 8 aromatic rings. The molecule has 264 valence electrons. The van der Waals surface area contributed by atoms with Crippen molar-refractivity contribution in [3.05, 3.63) is 180 Å². The average Bonchev–Trinajstić information content (AvgIpc) is 3.26. The summed E-state index contributed by atoms with van der Waals surface area (Å²) in [5, 5.41) is 1.04.